The number of nitrogens with one attached hydrogen (secondary N) is 1. The predicted octanol–water partition coefficient (Wildman–Crippen LogP) is 1.48. The molecule has 2 heterocycles. The van der Waals surface area contributed by atoms with E-state index < -0.39 is 0 Å². The Hall–Kier alpha value is -1.16. The summed E-state index contributed by atoms with van der Waals surface area (Å²) in [5.74, 6) is 0.935. The molecule has 0 amide bonds. The number of aryl methyl sites for hydroxylation is 2. The van der Waals surface area contributed by atoms with Crippen LogP contribution in [0.1, 0.15) is 37.6 Å². The minimum absolute atomic E-state index is 0.354. The zero-order valence-electron chi connectivity index (χ0n) is 11.4. The third-order valence-electron chi connectivity index (χ3n) is 3.74. The standard InChI is InChI=1S/C14H23N3O/c1-3-12-9-13(17(2)16-12)10-14(18)8-11-4-6-15-7-5-11/h9,11,15H,3-8,10H2,1-2H3. The molecule has 100 valence electrons. The van der Waals surface area contributed by atoms with Gasteiger partial charge in [0, 0.05) is 25.6 Å². The Morgan fingerprint density at radius 3 is 2.83 bits per heavy atom. The lowest BCUT2D eigenvalue weighted by molar-refractivity contribution is -0.119. The number of Topliss-reactive ketones (excluding diaryl/α,β-unsaturated/α-hetero) is 1. The van der Waals surface area contributed by atoms with Crippen LogP contribution < -0.4 is 5.32 Å². The van der Waals surface area contributed by atoms with E-state index in [1.54, 1.807) is 0 Å². The van der Waals surface area contributed by atoms with Crippen molar-refractivity contribution in [2.45, 2.75) is 39.0 Å². The van der Waals surface area contributed by atoms with Crippen LogP contribution >= 0.6 is 0 Å². The summed E-state index contributed by atoms with van der Waals surface area (Å²) in [4.78, 5) is 12.1. The summed E-state index contributed by atoms with van der Waals surface area (Å²) in [6.07, 6.45) is 4.47. The summed E-state index contributed by atoms with van der Waals surface area (Å²) in [5, 5.41) is 7.72. The largest absolute Gasteiger partial charge is 0.317 e. The lowest BCUT2D eigenvalue weighted by Crippen LogP contribution is -2.29. The van der Waals surface area contributed by atoms with Gasteiger partial charge in [0.05, 0.1) is 5.69 Å². The van der Waals surface area contributed by atoms with E-state index in [4.69, 9.17) is 0 Å². The van der Waals surface area contributed by atoms with Gasteiger partial charge >= 0.3 is 0 Å². The molecule has 2 rings (SSSR count). The van der Waals surface area contributed by atoms with Gasteiger partial charge in [-0.05, 0) is 44.3 Å². The molecule has 1 aromatic heterocycles. The minimum atomic E-state index is 0.354. The maximum absolute atomic E-state index is 12.1. The quantitative estimate of drug-likeness (QED) is 0.860. The van der Waals surface area contributed by atoms with Crippen molar-refractivity contribution in [3.8, 4) is 0 Å². The first-order valence-electron chi connectivity index (χ1n) is 6.93. The number of ketones is 1. The number of carbonyl (C=O) groups is 1. The maximum atomic E-state index is 12.1. The molecule has 0 aliphatic carbocycles. The SMILES string of the molecule is CCc1cc(CC(=O)CC2CCNCC2)n(C)n1. The number of nitrogens with zero attached hydrogens (tertiary/aromatic N) is 2. The van der Waals surface area contributed by atoms with Crippen molar-refractivity contribution in [1.29, 1.82) is 0 Å². The highest BCUT2D eigenvalue weighted by molar-refractivity contribution is 5.80. The fraction of sp³-hybridized carbons (Fsp3) is 0.714. The van der Waals surface area contributed by atoms with E-state index in [1.165, 1.54) is 0 Å². The highest BCUT2D eigenvalue weighted by atomic mass is 16.1. The van der Waals surface area contributed by atoms with Crippen molar-refractivity contribution >= 4 is 5.78 Å². The summed E-state index contributed by atoms with van der Waals surface area (Å²) in [6.45, 7) is 4.20. The van der Waals surface area contributed by atoms with E-state index in [1.807, 2.05) is 11.7 Å². The van der Waals surface area contributed by atoms with Crippen molar-refractivity contribution < 1.29 is 4.79 Å². The molecule has 0 saturated carbocycles. The van der Waals surface area contributed by atoms with E-state index in [9.17, 15) is 4.79 Å². The molecular formula is C14H23N3O. The fourth-order valence-corrected chi connectivity index (χ4v) is 2.59. The van der Waals surface area contributed by atoms with E-state index in [0.717, 1.165) is 50.2 Å². The molecule has 4 nitrogen and oxygen atoms in total. The van der Waals surface area contributed by atoms with Gasteiger partial charge in [-0.25, -0.2) is 0 Å². The molecule has 1 fully saturated rings. The Morgan fingerprint density at radius 1 is 1.50 bits per heavy atom. The number of aromatic nitrogens is 2. The topological polar surface area (TPSA) is 46.9 Å². The number of carbonyl (C=O) groups excluding carboxylic acids is 1. The molecule has 1 saturated heterocycles. The molecule has 0 radical (unpaired) electrons. The summed E-state index contributed by atoms with van der Waals surface area (Å²) in [6, 6.07) is 2.06. The molecule has 0 unspecified atom stereocenters. The first kappa shape index (κ1) is 13.3. The zero-order chi connectivity index (χ0) is 13.0. The Labute approximate surface area is 109 Å². The monoisotopic (exact) mass is 249 g/mol. The molecule has 1 aliphatic rings. The van der Waals surface area contributed by atoms with Crippen molar-refractivity contribution in [2.24, 2.45) is 13.0 Å². The van der Waals surface area contributed by atoms with Gasteiger partial charge in [-0.3, -0.25) is 9.48 Å². The van der Waals surface area contributed by atoms with Gasteiger partial charge < -0.3 is 5.32 Å². The van der Waals surface area contributed by atoms with E-state index in [2.05, 4.69) is 23.4 Å². The average molecular weight is 249 g/mol. The maximum Gasteiger partial charge on any atom is 0.139 e. The first-order valence-corrected chi connectivity index (χ1v) is 6.93. The second-order valence-electron chi connectivity index (χ2n) is 5.22. The first-order chi connectivity index (χ1) is 8.69. The van der Waals surface area contributed by atoms with Crippen molar-refractivity contribution in [3.05, 3.63) is 17.5 Å². The van der Waals surface area contributed by atoms with Gasteiger partial charge in [-0.2, -0.15) is 5.10 Å². The van der Waals surface area contributed by atoms with E-state index in [-0.39, 0.29) is 0 Å². The van der Waals surface area contributed by atoms with Crippen LogP contribution in [0, 0.1) is 5.92 Å². The van der Waals surface area contributed by atoms with Crippen LogP contribution in [-0.4, -0.2) is 28.7 Å². The highest BCUT2D eigenvalue weighted by Gasteiger charge is 2.18. The number of rotatable bonds is 5. The number of piperidine rings is 1. The predicted molar refractivity (Wildman–Crippen MR) is 71.5 cm³/mol. The van der Waals surface area contributed by atoms with Crippen LogP contribution in [0.15, 0.2) is 6.07 Å². The van der Waals surface area contributed by atoms with E-state index in [0.29, 0.717) is 18.1 Å². The Morgan fingerprint density at radius 2 is 2.22 bits per heavy atom. The third kappa shape index (κ3) is 3.42. The second-order valence-corrected chi connectivity index (χ2v) is 5.22. The van der Waals surface area contributed by atoms with Crippen LogP contribution in [0.25, 0.3) is 0 Å². The molecule has 0 atom stereocenters. The van der Waals surface area contributed by atoms with Crippen LogP contribution in [0.4, 0.5) is 0 Å². The van der Waals surface area contributed by atoms with Gasteiger partial charge in [-0.1, -0.05) is 6.92 Å². The summed E-state index contributed by atoms with van der Waals surface area (Å²) in [5.41, 5.74) is 2.12. The molecule has 0 aromatic carbocycles. The fourth-order valence-electron chi connectivity index (χ4n) is 2.59. The average Bonchev–Trinajstić information content (AvgIpc) is 2.71. The summed E-state index contributed by atoms with van der Waals surface area (Å²) < 4.78 is 1.85. The van der Waals surface area contributed by atoms with Gasteiger partial charge in [0.1, 0.15) is 5.78 Å². The lowest BCUT2D eigenvalue weighted by atomic mass is 9.91. The lowest BCUT2D eigenvalue weighted by Gasteiger charge is -2.21. The van der Waals surface area contributed by atoms with Crippen LogP contribution in [0.2, 0.25) is 0 Å². The van der Waals surface area contributed by atoms with Gasteiger partial charge in [0.2, 0.25) is 0 Å². The minimum Gasteiger partial charge on any atom is -0.317 e. The summed E-state index contributed by atoms with van der Waals surface area (Å²) in [7, 11) is 1.92. The number of hydrogen-bond donors (Lipinski definition) is 1. The zero-order valence-corrected chi connectivity index (χ0v) is 11.4. The third-order valence-corrected chi connectivity index (χ3v) is 3.74. The second kappa shape index (κ2) is 6.14. The Kier molecular flexibility index (Phi) is 4.53. The number of hydrogen-bond acceptors (Lipinski definition) is 3. The molecule has 4 heteroatoms. The van der Waals surface area contributed by atoms with Gasteiger partial charge in [-0.15, -0.1) is 0 Å². The van der Waals surface area contributed by atoms with E-state index >= 15 is 0 Å². The van der Waals surface area contributed by atoms with Crippen molar-refractivity contribution in [2.75, 3.05) is 13.1 Å². The molecule has 0 bridgehead atoms. The van der Waals surface area contributed by atoms with Gasteiger partial charge in [0.15, 0.2) is 0 Å². The van der Waals surface area contributed by atoms with Crippen LogP contribution in [0.5, 0.6) is 0 Å². The molecule has 1 aromatic rings. The normalized spacial score (nSPS) is 17.0. The highest BCUT2D eigenvalue weighted by Crippen LogP contribution is 2.17. The van der Waals surface area contributed by atoms with Crippen molar-refractivity contribution in [1.82, 2.24) is 15.1 Å². The van der Waals surface area contributed by atoms with Crippen LogP contribution in [0.3, 0.4) is 0 Å². The summed E-state index contributed by atoms with van der Waals surface area (Å²) >= 11 is 0. The Balaban J connectivity index is 1.87. The molecule has 1 N–H and O–H groups in total. The smallest absolute Gasteiger partial charge is 0.139 e. The van der Waals surface area contributed by atoms with Crippen LogP contribution in [-0.2, 0) is 24.7 Å². The molecule has 18 heavy (non-hydrogen) atoms. The molecule has 1 aliphatic heterocycles. The Bertz CT molecular complexity index is 405. The molecule has 0 spiro atoms. The van der Waals surface area contributed by atoms with Gasteiger partial charge in [0.25, 0.3) is 0 Å². The molecular weight excluding hydrogens is 226 g/mol. The van der Waals surface area contributed by atoms with Crippen molar-refractivity contribution in [3.63, 3.8) is 0 Å².